The largest absolute Gasteiger partial charge is 0.496 e. The first-order chi connectivity index (χ1) is 15.4. The molecule has 33 heavy (non-hydrogen) atoms. The molecule has 0 radical (unpaired) electrons. The van der Waals surface area contributed by atoms with E-state index in [1.807, 2.05) is 12.2 Å². The lowest BCUT2D eigenvalue weighted by Gasteiger charge is -2.19. The third-order valence-corrected chi connectivity index (χ3v) is 6.09. The summed E-state index contributed by atoms with van der Waals surface area (Å²) in [6, 6.07) is 8.62. The van der Waals surface area contributed by atoms with Gasteiger partial charge in [-0.25, -0.2) is 0 Å². The Morgan fingerprint density at radius 3 is 2.12 bits per heavy atom. The molecule has 11 heteroatoms. The number of nitrogens with one attached hydrogen (secondary N) is 1. The Kier molecular flexibility index (Phi) is 8.73. The second-order valence-corrected chi connectivity index (χ2v) is 9.01. The van der Waals surface area contributed by atoms with Gasteiger partial charge in [0, 0.05) is 18.0 Å². The Bertz CT molecular complexity index is 1070. The van der Waals surface area contributed by atoms with Crippen molar-refractivity contribution in [1.29, 1.82) is 0 Å². The molecule has 0 heterocycles. The summed E-state index contributed by atoms with van der Waals surface area (Å²) in [5.41, 5.74) is 2.02. The smallest absolute Gasteiger partial charge is 0.471 e. The first kappa shape index (κ1) is 26.5. The Morgan fingerprint density at radius 2 is 1.58 bits per heavy atom. The minimum absolute atomic E-state index is 0.0443. The minimum Gasteiger partial charge on any atom is -0.496 e. The summed E-state index contributed by atoms with van der Waals surface area (Å²) < 4.78 is 78.0. The molecule has 1 amide bonds. The lowest BCUT2D eigenvalue weighted by Crippen LogP contribution is -2.42. The summed E-state index contributed by atoms with van der Waals surface area (Å²) in [4.78, 5) is 11.2. The van der Waals surface area contributed by atoms with Crippen LogP contribution < -0.4 is 14.8 Å². The van der Waals surface area contributed by atoms with Crippen LogP contribution in [0, 0.1) is 6.92 Å². The van der Waals surface area contributed by atoms with Crippen molar-refractivity contribution >= 4 is 16.0 Å². The van der Waals surface area contributed by atoms with Crippen LogP contribution in [0.1, 0.15) is 23.6 Å². The van der Waals surface area contributed by atoms with Crippen LogP contribution in [-0.4, -0.2) is 47.4 Å². The molecule has 2 aromatic carbocycles. The maximum absolute atomic E-state index is 12.5. The van der Waals surface area contributed by atoms with Gasteiger partial charge in [0.05, 0.1) is 25.7 Å². The number of amides is 1. The molecule has 0 aliphatic carbocycles. The molecule has 2 aromatic rings. The van der Waals surface area contributed by atoms with Gasteiger partial charge in [-0.3, -0.25) is 8.98 Å². The predicted octanol–water partition coefficient (Wildman–Crippen LogP) is 3.57. The fraction of sp³-hybridized carbons (Fsp3) is 0.409. The SMILES string of the molecule is COc1cc(CC(C)NC(=O)C(F)(F)F)c(OC)cc1CCOS(=O)(=O)c1ccc(C)cc1. The number of aryl methyl sites for hydroxylation is 1. The first-order valence-corrected chi connectivity index (χ1v) is 11.4. The molecule has 2 rings (SSSR count). The maximum atomic E-state index is 12.5. The van der Waals surface area contributed by atoms with Crippen LogP contribution in [0.2, 0.25) is 0 Å². The summed E-state index contributed by atoms with van der Waals surface area (Å²) in [6.07, 6.45) is -4.75. The molecule has 0 saturated heterocycles. The summed E-state index contributed by atoms with van der Waals surface area (Å²) >= 11 is 0. The number of ether oxygens (including phenoxy) is 2. The van der Waals surface area contributed by atoms with Gasteiger partial charge in [0.15, 0.2) is 0 Å². The Balaban J connectivity index is 2.12. The van der Waals surface area contributed by atoms with Crippen molar-refractivity contribution in [2.24, 2.45) is 0 Å². The van der Waals surface area contributed by atoms with Crippen LogP contribution in [0.5, 0.6) is 11.5 Å². The van der Waals surface area contributed by atoms with Crippen molar-refractivity contribution < 1.29 is 40.0 Å². The number of benzene rings is 2. The van der Waals surface area contributed by atoms with Crippen LogP contribution in [0.25, 0.3) is 0 Å². The number of alkyl halides is 3. The van der Waals surface area contributed by atoms with Crippen molar-refractivity contribution in [1.82, 2.24) is 5.32 Å². The van der Waals surface area contributed by atoms with E-state index < -0.39 is 28.2 Å². The van der Waals surface area contributed by atoms with E-state index in [1.54, 1.807) is 24.3 Å². The third-order valence-electron chi connectivity index (χ3n) is 4.76. The molecule has 0 aliphatic rings. The molecule has 0 aromatic heterocycles. The molecular weight excluding hydrogens is 463 g/mol. The zero-order chi connectivity index (χ0) is 24.8. The monoisotopic (exact) mass is 489 g/mol. The second-order valence-electron chi connectivity index (χ2n) is 7.39. The topological polar surface area (TPSA) is 90.9 Å². The van der Waals surface area contributed by atoms with E-state index >= 15 is 0 Å². The Labute approximate surface area is 191 Å². The van der Waals surface area contributed by atoms with E-state index in [4.69, 9.17) is 13.7 Å². The van der Waals surface area contributed by atoms with Crippen molar-refractivity contribution in [3.05, 3.63) is 53.1 Å². The first-order valence-electron chi connectivity index (χ1n) is 9.95. The number of hydrogen-bond donors (Lipinski definition) is 1. The van der Waals surface area contributed by atoms with E-state index in [2.05, 4.69) is 0 Å². The highest BCUT2D eigenvalue weighted by Gasteiger charge is 2.39. The zero-order valence-corrected chi connectivity index (χ0v) is 19.5. The quantitative estimate of drug-likeness (QED) is 0.513. The van der Waals surface area contributed by atoms with Crippen LogP contribution in [0.15, 0.2) is 41.3 Å². The van der Waals surface area contributed by atoms with E-state index in [9.17, 15) is 26.4 Å². The van der Waals surface area contributed by atoms with Gasteiger partial charge < -0.3 is 14.8 Å². The number of hydrogen-bond acceptors (Lipinski definition) is 6. The van der Waals surface area contributed by atoms with Crippen molar-refractivity contribution in [3.8, 4) is 11.5 Å². The predicted molar refractivity (Wildman–Crippen MR) is 115 cm³/mol. The van der Waals surface area contributed by atoms with Gasteiger partial charge in [0.25, 0.3) is 10.1 Å². The summed E-state index contributed by atoms with van der Waals surface area (Å²) in [7, 11) is -1.13. The highest BCUT2D eigenvalue weighted by Crippen LogP contribution is 2.30. The fourth-order valence-corrected chi connectivity index (χ4v) is 4.01. The van der Waals surface area contributed by atoms with E-state index in [0.717, 1.165) is 5.56 Å². The molecule has 1 atom stereocenters. The molecule has 182 valence electrons. The van der Waals surface area contributed by atoms with E-state index in [0.29, 0.717) is 22.6 Å². The molecule has 7 nitrogen and oxygen atoms in total. The number of methoxy groups -OCH3 is 2. The van der Waals surface area contributed by atoms with Crippen LogP contribution in [-0.2, 0) is 31.9 Å². The lowest BCUT2D eigenvalue weighted by molar-refractivity contribution is -0.174. The highest BCUT2D eigenvalue weighted by molar-refractivity contribution is 7.86. The lowest BCUT2D eigenvalue weighted by atomic mass is 10.0. The van der Waals surface area contributed by atoms with Crippen LogP contribution in [0.3, 0.4) is 0 Å². The number of halogens is 3. The van der Waals surface area contributed by atoms with Gasteiger partial charge in [0.2, 0.25) is 0 Å². The van der Waals surface area contributed by atoms with Gasteiger partial charge >= 0.3 is 12.1 Å². The van der Waals surface area contributed by atoms with Gasteiger partial charge in [-0.1, -0.05) is 17.7 Å². The van der Waals surface area contributed by atoms with Crippen LogP contribution in [0.4, 0.5) is 13.2 Å². The Hall–Kier alpha value is -2.79. The highest BCUT2D eigenvalue weighted by atomic mass is 32.2. The standard InChI is InChI=1S/C22H26F3NO6S/c1-14-5-7-18(8-6-14)33(28,29)32-10-9-16-12-20(31-4)17(13-19(16)30-3)11-15(2)26-21(27)22(23,24)25/h5-8,12-13,15H,9-11H2,1-4H3,(H,26,27). The minimum atomic E-state index is -4.97. The molecule has 0 saturated carbocycles. The van der Waals surface area contributed by atoms with Crippen molar-refractivity contribution in [3.63, 3.8) is 0 Å². The van der Waals surface area contributed by atoms with E-state index in [1.165, 1.54) is 33.3 Å². The normalized spacial score (nSPS) is 12.8. The molecule has 0 fully saturated rings. The molecule has 1 N–H and O–H groups in total. The molecule has 1 unspecified atom stereocenters. The molecule has 0 bridgehead atoms. The average Bonchev–Trinajstić information content (AvgIpc) is 2.73. The molecular formula is C22H26F3NO6S. The van der Waals surface area contributed by atoms with Crippen LogP contribution >= 0.6 is 0 Å². The maximum Gasteiger partial charge on any atom is 0.471 e. The van der Waals surface area contributed by atoms with E-state index in [-0.39, 0.29) is 24.3 Å². The van der Waals surface area contributed by atoms with Crippen molar-refractivity contribution in [2.75, 3.05) is 20.8 Å². The van der Waals surface area contributed by atoms with Gasteiger partial charge in [0.1, 0.15) is 11.5 Å². The zero-order valence-electron chi connectivity index (χ0n) is 18.7. The fourth-order valence-electron chi connectivity index (χ4n) is 3.10. The second kappa shape index (κ2) is 10.9. The summed E-state index contributed by atoms with van der Waals surface area (Å²) in [6.45, 7) is 3.12. The number of carbonyl (C=O) groups is 1. The van der Waals surface area contributed by atoms with Gasteiger partial charge in [-0.05, 0) is 50.1 Å². The third kappa shape index (κ3) is 7.36. The summed E-state index contributed by atoms with van der Waals surface area (Å²) in [5, 5.41) is 1.89. The number of rotatable bonds is 10. The summed E-state index contributed by atoms with van der Waals surface area (Å²) in [5.74, 6) is -1.28. The van der Waals surface area contributed by atoms with Gasteiger partial charge in [-0.2, -0.15) is 21.6 Å². The van der Waals surface area contributed by atoms with Crippen molar-refractivity contribution in [2.45, 2.75) is 43.8 Å². The van der Waals surface area contributed by atoms with Gasteiger partial charge in [-0.15, -0.1) is 0 Å². The molecule has 0 spiro atoms. The number of carbonyl (C=O) groups excluding carboxylic acids is 1. The molecule has 0 aliphatic heterocycles. The Morgan fingerprint density at radius 1 is 1.03 bits per heavy atom. The average molecular weight is 490 g/mol.